The Morgan fingerprint density at radius 3 is 2.56 bits per heavy atom. The van der Waals surface area contributed by atoms with Crippen molar-refractivity contribution in [1.82, 2.24) is 4.98 Å². The molecule has 0 aliphatic rings. The summed E-state index contributed by atoms with van der Waals surface area (Å²) in [6, 6.07) is 8.73. The Morgan fingerprint density at radius 1 is 1.11 bits per heavy atom. The fourth-order valence-electron chi connectivity index (χ4n) is 1.38. The first-order valence-electron chi connectivity index (χ1n) is 5.26. The van der Waals surface area contributed by atoms with Gasteiger partial charge in [0.15, 0.2) is 0 Å². The lowest BCUT2D eigenvalue weighted by Gasteiger charge is -2.06. The molecular weight excluding hydrogens is 273 g/mol. The highest BCUT2D eigenvalue weighted by atomic mass is 35.5. The number of rotatable bonds is 4. The van der Waals surface area contributed by atoms with Gasteiger partial charge >= 0.3 is 0 Å². The molecule has 2 rings (SSSR count). The molecule has 0 fully saturated rings. The fourth-order valence-corrected chi connectivity index (χ4v) is 1.67. The number of pyridine rings is 1. The monoisotopic (exact) mass is 283 g/mol. The van der Waals surface area contributed by atoms with Crippen molar-refractivity contribution in [2.75, 3.05) is 7.11 Å². The normalized spacial score (nSPS) is 10.4. The van der Waals surface area contributed by atoms with E-state index >= 15 is 0 Å². The molecule has 0 aliphatic carbocycles. The van der Waals surface area contributed by atoms with E-state index in [2.05, 4.69) is 4.98 Å². The SMILES string of the molecule is COCc1ccc(Oc2ccc(Cl)c(Cl)c2)nc1. The number of nitrogens with zero attached hydrogens (tertiary/aromatic N) is 1. The van der Waals surface area contributed by atoms with Gasteiger partial charge in [-0.1, -0.05) is 23.2 Å². The third-order valence-electron chi connectivity index (χ3n) is 2.22. The minimum absolute atomic E-state index is 0.449. The van der Waals surface area contributed by atoms with Crippen molar-refractivity contribution in [2.45, 2.75) is 6.61 Å². The van der Waals surface area contributed by atoms with Gasteiger partial charge in [-0.05, 0) is 23.8 Å². The van der Waals surface area contributed by atoms with Gasteiger partial charge in [-0.15, -0.1) is 0 Å². The highest BCUT2D eigenvalue weighted by molar-refractivity contribution is 6.42. The number of aromatic nitrogens is 1. The molecule has 3 nitrogen and oxygen atoms in total. The number of methoxy groups -OCH3 is 1. The van der Waals surface area contributed by atoms with Crippen LogP contribution in [0.2, 0.25) is 10.0 Å². The van der Waals surface area contributed by atoms with Crippen LogP contribution in [-0.4, -0.2) is 12.1 Å². The lowest BCUT2D eigenvalue weighted by molar-refractivity contribution is 0.184. The minimum atomic E-state index is 0.449. The van der Waals surface area contributed by atoms with Crippen LogP contribution in [0, 0.1) is 0 Å². The maximum atomic E-state index is 5.90. The van der Waals surface area contributed by atoms with E-state index in [1.165, 1.54) is 0 Å². The molecule has 0 radical (unpaired) electrons. The molecule has 5 heteroatoms. The Balaban J connectivity index is 2.10. The zero-order chi connectivity index (χ0) is 13.0. The zero-order valence-corrected chi connectivity index (χ0v) is 11.2. The number of benzene rings is 1. The molecule has 2 aromatic rings. The van der Waals surface area contributed by atoms with Crippen molar-refractivity contribution >= 4 is 23.2 Å². The predicted octanol–water partition coefficient (Wildman–Crippen LogP) is 4.33. The first-order chi connectivity index (χ1) is 8.69. The van der Waals surface area contributed by atoms with E-state index in [4.69, 9.17) is 32.7 Å². The smallest absolute Gasteiger partial charge is 0.219 e. The highest BCUT2D eigenvalue weighted by Gasteiger charge is 2.03. The quantitative estimate of drug-likeness (QED) is 0.837. The zero-order valence-electron chi connectivity index (χ0n) is 9.69. The molecule has 0 unspecified atom stereocenters. The van der Waals surface area contributed by atoms with Crippen molar-refractivity contribution in [1.29, 1.82) is 0 Å². The van der Waals surface area contributed by atoms with E-state index in [0.29, 0.717) is 28.3 Å². The van der Waals surface area contributed by atoms with Crippen molar-refractivity contribution < 1.29 is 9.47 Å². The van der Waals surface area contributed by atoms with Gasteiger partial charge in [0.1, 0.15) is 5.75 Å². The Bertz CT molecular complexity index is 529. The molecule has 0 spiro atoms. The summed E-state index contributed by atoms with van der Waals surface area (Å²) in [7, 11) is 1.64. The van der Waals surface area contributed by atoms with Crippen LogP contribution in [0.25, 0.3) is 0 Å². The van der Waals surface area contributed by atoms with E-state index in [1.54, 1.807) is 37.6 Å². The second-order valence-corrected chi connectivity index (χ2v) is 4.43. The molecule has 1 aromatic carbocycles. The summed E-state index contributed by atoms with van der Waals surface area (Å²) in [5, 5.41) is 0.942. The number of hydrogen-bond acceptors (Lipinski definition) is 3. The lowest BCUT2D eigenvalue weighted by atomic mass is 10.3. The van der Waals surface area contributed by atoms with Gasteiger partial charge in [-0.2, -0.15) is 0 Å². The molecule has 18 heavy (non-hydrogen) atoms. The van der Waals surface area contributed by atoms with Gasteiger partial charge in [0, 0.05) is 25.4 Å². The summed E-state index contributed by atoms with van der Waals surface area (Å²) in [5.74, 6) is 1.09. The Kier molecular flexibility index (Phi) is 4.42. The van der Waals surface area contributed by atoms with Crippen molar-refractivity contribution in [3.05, 3.63) is 52.1 Å². The summed E-state index contributed by atoms with van der Waals surface area (Å²) in [4.78, 5) is 4.17. The average molecular weight is 284 g/mol. The fraction of sp³-hybridized carbons (Fsp3) is 0.154. The summed E-state index contributed by atoms with van der Waals surface area (Å²) >= 11 is 11.7. The first kappa shape index (κ1) is 13.1. The molecule has 0 saturated heterocycles. The molecule has 0 bridgehead atoms. The van der Waals surface area contributed by atoms with Gasteiger partial charge in [-0.3, -0.25) is 0 Å². The van der Waals surface area contributed by atoms with Gasteiger partial charge in [0.25, 0.3) is 0 Å². The van der Waals surface area contributed by atoms with Crippen LogP contribution < -0.4 is 4.74 Å². The van der Waals surface area contributed by atoms with E-state index in [9.17, 15) is 0 Å². The third-order valence-corrected chi connectivity index (χ3v) is 2.96. The average Bonchev–Trinajstić information content (AvgIpc) is 2.37. The third kappa shape index (κ3) is 3.35. The standard InChI is InChI=1S/C13H11Cl2NO2/c1-17-8-9-2-5-13(16-7-9)18-10-3-4-11(14)12(15)6-10/h2-7H,8H2,1H3. The minimum Gasteiger partial charge on any atom is -0.439 e. The van der Waals surface area contributed by atoms with Crippen molar-refractivity contribution in [3.63, 3.8) is 0 Å². The molecule has 1 aromatic heterocycles. The molecule has 1 heterocycles. The maximum absolute atomic E-state index is 5.90. The Hall–Kier alpha value is -1.29. The Labute approximate surface area is 115 Å². The molecule has 0 saturated carbocycles. The summed E-state index contributed by atoms with van der Waals surface area (Å²) in [5.41, 5.74) is 0.985. The second kappa shape index (κ2) is 6.05. The second-order valence-electron chi connectivity index (χ2n) is 3.62. The van der Waals surface area contributed by atoms with Crippen LogP contribution in [0.15, 0.2) is 36.5 Å². The van der Waals surface area contributed by atoms with Crippen molar-refractivity contribution in [2.24, 2.45) is 0 Å². The Morgan fingerprint density at radius 2 is 1.94 bits per heavy atom. The molecule has 0 aliphatic heterocycles. The van der Waals surface area contributed by atoms with E-state index in [1.807, 2.05) is 6.07 Å². The van der Waals surface area contributed by atoms with E-state index in [0.717, 1.165) is 5.56 Å². The predicted molar refractivity (Wildman–Crippen MR) is 71.5 cm³/mol. The van der Waals surface area contributed by atoms with Crippen LogP contribution >= 0.6 is 23.2 Å². The van der Waals surface area contributed by atoms with Crippen LogP contribution in [-0.2, 0) is 11.3 Å². The molecule has 0 atom stereocenters. The number of halogens is 2. The first-order valence-corrected chi connectivity index (χ1v) is 6.01. The molecular formula is C13H11Cl2NO2. The van der Waals surface area contributed by atoms with Gasteiger partial charge < -0.3 is 9.47 Å². The summed E-state index contributed by atoms with van der Waals surface area (Å²) in [6.07, 6.45) is 1.70. The van der Waals surface area contributed by atoms with E-state index in [-0.39, 0.29) is 0 Å². The maximum Gasteiger partial charge on any atom is 0.219 e. The highest BCUT2D eigenvalue weighted by Crippen LogP contribution is 2.28. The van der Waals surface area contributed by atoms with Gasteiger partial charge in [0.2, 0.25) is 5.88 Å². The van der Waals surface area contributed by atoms with Crippen LogP contribution in [0.3, 0.4) is 0 Å². The van der Waals surface area contributed by atoms with Gasteiger partial charge in [0.05, 0.1) is 16.7 Å². The number of hydrogen-bond donors (Lipinski definition) is 0. The van der Waals surface area contributed by atoms with E-state index < -0.39 is 0 Å². The van der Waals surface area contributed by atoms with Crippen LogP contribution in [0.5, 0.6) is 11.6 Å². The van der Waals surface area contributed by atoms with Crippen LogP contribution in [0.1, 0.15) is 5.56 Å². The van der Waals surface area contributed by atoms with Crippen molar-refractivity contribution in [3.8, 4) is 11.6 Å². The lowest BCUT2D eigenvalue weighted by Crippen LogP contribution is -1.91. The summed E-state index contributed by atoms with van der Waals surface area (Å²) in [6.45, 7) is 0.528. The van der Waals surface area contributed by atoms with Gasteiger partial charge in [-0.25, -0.2) is 4.98 Å². The number of ether oxygens (including phenoxy) is 2. The largest absolute Gasteiger partial charge is 0.439 e. The molecule has 0 N–H and O–H groups in total. The molecule has 0 amide bonds. The summed E-state index contributed by atoms with van der Waals surface area (Å²) < 4.78 is 10.6. The van der Waals surface area contributed by atoms with Crippen LogP contribution in [0.4, 0.5) is 0 Å². The molecule has 94 valence electrons. The topological polar surface area (TPSA) is 31.4 Å².